The highest BCUT2D eigenvalue weighted by molar-refractivity contribution is 5.85. The first-order chi connectivity index (χ1) is 8.18. The van der Waals surface area contributed by atoms with Gasteiger partial charge >= 0.3 is 0 Å². The Morgan fingerprint density at radius 3 is 2.67 bits per heavy atom. The van der Waals surface area contributed by atoms with Crippen molar-refractivity contribution in [2.45, 2.75) is 33.6 Å². The van der Waals surface area contributed by atoms with Crippen molar-refractivity contribution in [3.63, 3.8) is 0 Å². The number of rotatable bonds is 8. The van der Waals surface area contributed by atoms with E-state index in [2.05, 4.69) is 38.2 Å². The predicted octanol–water partition coefficient (Wildman–Crippen LogP) is 3.82. The number of halogens is 1. The molecule has 0 amide bonds. The topological polar surface area (TPSA) is 21.3 Å². The van der Waals surface area contributed by atoms with Crippen LogP contribution in [0.2, 0.25) is 0 Å². The van der Waals surface area contributed by atoms with E-state index in [4.69, 9.17) is 4.74 Å². The van der Waals surface area contributed by atoms with Gasteiger partial charge < -0.3 is 10.1 Å². The molecule has 0 aromatic heterocycles. The van der Waals surface area contributed by atoms with Crippen molar-refractivity contribution >= 4 is 12.4 Å². The van der Waals surface area contributed by atoms with E-state index in [0.29, 0.717) is 0 Å². The average Bonchev–Trinajstić information content (AvgIpc) is 2.27. The molecule has 0 saturated heterocycles. The first kappa shape index (κ1) is 17.3. The van der Waals surface area contributed by atoms with Gasteiger partial charge in [0.25, 0.3) is 0 Å². The summed E-state index contributed by atoms with van der Waals surface area (Å²) in [5, 5.41) is 3.43. The largest absolute Gasteiger partial charge is 0.494 e. The monoisotopic (exact) mass is 271 g/mol. The Labute approximate surface area is 118 Å². The molecule has 0 aliphatic rings. The number of hydrogen-bond acceptors (Lipinski definition) is 2. The van der Waals surface area contributed by atoms with Crippen LogP contribution in [0.5, 0.6) is 5.75 Å². The normalized spacial score (nSPS) is 10.2. The molecule has 1 aromatic carbocycles. The lowest BCUT2D eigenvalue weighted by atomic mass is 10.1. The van der Waals surface area contributed by atoms with Crippen LogP contribution in [0.3, 0.4) is 0 Å². The van der Waals surface area contributed by atoms with Crippen LogP contribution in [0, 0.1) is 12.8 Å². The molecule has 0 radical (unpaired) electrons. The van der Waals surface area contributed by atoms with Gasteiger partial charge in [-0.05, 0) is 56.5 Å². The van der Waals surface area contributed by atoms with Crippen molar-refractivity contribution < 1.29 is 4.74 Å². The molecule has 0 bridgehead atoms. The maximum Gasteiger partial charge on any atom is 0.119 e. The molecule has 18 heavy (non-hydrogen) atoms. The maximum absolute atomic E-state index is 5.67. The minimum Gasteiger partial charge on any atom is -0.494 e. The summed E-state index contributed by atoms with van der Waals surface area (Å²) in [6.45, 7) is 9.53. The quantitative estimate of drug-likeness (QED) is 0.726. The Kier molecular flexibility index (Phi) is 9.80. The van der Waals surface area contributed by atoms with Crippen molar-refractivity contribution in [2.75, 3.05) is 19.7 Å². The first-order valence-corrected chi connectivity index (χ1v) is 6.58. The van der Waals surface area contributed by atoms with Gasteiger partial charge in [0.2, 0.25) is 0 Å². The summed E-state index contributed by atoms with van der Waals surface area (Å²) in [7, 11) is 0. The Balaban J connectivity index is 0.00000289. The number of ether oxygens (including phenoxy) is 1. The molecule has 1 N–H and O–H groups in total. The fraction of sp³-hybridized carbons (Fsp3) is 0.600. The van der Waals surface area contributed by atoms with Crippen molar-refractivity contribution in [3.8, 4) is 5.75 Å². The van der Waals surface area contributed by atoms with Crippen molar-refractivity contribution in [1.29, 1.82) is 0 Å². The van der Waals surface area contributed by atoms with E-state index in [1.165, 1.54) is 12.0 Å². The molecule has 104 valence electrons. The van der Waals surface area contributed by atoms with E-state index < -0.39 is 0 Å². The summed E-state index contributed by atoms with van der Waals surface area (Å²) < 4.78 is 5.67. The molecular weight excluding hydrogens is 246 g/mol. The highest BCUT2D eigenvalue weighted by Gasteiger charge is 1.95. The zero-order chi connectivity index (χ0) is 12.5. The lowest BCUT2D eigenvalue weighted by Gasteiger charge is -2.08. The summed E-state index contributed by atoms with van der Waals surface area (Å²) in [5.41, 5.74) is 1.25. The molecule has 0 aliphatic heterocycles. The Morgan fingerprint density at radius 1 is 1.22 bits per heavy atom. The van der Waals surface area contributed by atoms with Gasteiger partial charge in [-0.1, -0.05) is 26.0 Å². The molecule has 0 spiro atoms. The third kappa shape index (κ3) is 8.37. The highest BCUT2D eigenvalue weighted by Crippen LogP contribution is 2.12. The predicted molar refractivity (Wildman–Crippen MR) is 80.9 cm³/mol. The summed E-state index contributed by atoms with van der Waals surface area (Å²) in [4.78, 5) is 0. The molecule has 1 rings (SSSR count). The minimum atomic E-state index is 0. The summed E-state index contributed by atoms with van der Waals surface area (Å²) in [5.74, 6) is 1.76. The van der Waals surface area contributed by atoms with Crippen molar-refractivity contribution in [3.05, 3.63) is 29.8 Å². The number of hydrogen-bond donors (Lipinski definition) is 1. The zero-order valence-electron chi connectivity index (χ0n) is 11.7. The molecule has 0 atom stereocenters. The fourth-order valence-corrected chi connectivity index (χ4v) is 1.61. The van der Waals surface area contributed by atoms with Crippen LogP contribution in [0.15, 0.2) is 24.3 Å². The summed E-state index contributed by atoms with van der Waals surface area (Å²) in [6, 6.07) is 8.21. The smallest absolute Gasteiger partial charge is 0.119 e. The third-order valence-corrected chi connectivity index (χ3v) is 2.65. The number of nitrogens with one attached hydrogen (secondary N) is 1. The first-order valence-electron chi connectivity index (χ1n) is 6.58. The van der Waals surface area contributed by atoms with Gasteiger partial charge in [0.15, 0.2) is 0 Å². The number of benzene rings is 1. The van der Waals surface area contributed by atoms with Crippen LogP contribution in [0.1, 0.15) is 32.3 Å². The standard InChI is InChI=1S/C15H25NO.ClH/c1-13(2)8-10-16-9-5-11-17-15-7-4-6-14(3)12-15;/h4,6-7,12-13,16H,5,8-11H2,1-3H3;1H. The molecule has 0 aliphatic carbocycles. The summed E-state index contributed by atoms with van der Waals surface area (Å²) in [6.07, 6.45) is 2.31. The molecular formula is C15H26ClNO. The van der Waals surface area contributed by atoms with Gasteiger partial charge in [-0.25, -0.2) is 0 Å². The zero-order valence-corrected chi connectivity index (χ0v) is 12.6. The third-order valence-electron chi connectivity index (χ3n) is 2.65. The van der Waals surface area contributed by atoms with Crippen LogP contribution in [-0.2, 0) is 0 Å². The van der Waals surface area contributed by atoms with Crippen LogP contribution in [0.25, 0.3) is 0 Å². The van der Waals surface area contributed by atoms with Crippen LogP contribution < -0.4 is 10.1 Å². The lowest BCUT2D eigenvalue weighted by molar-refractivity contribution is 0.307. The molecule has 0 unspecified atom stereocenters. The molecule has 0 fully saturated rings. The fourth-order valence-electron chi connectivity index (χ4n) is 1.61. The SMILES string of the molecule is Cc1cccc(OCCCNCCC(C)C)c1.Cl. The van der Waals surface area contributed by atoms with E-state index >= 15 is 0 Å². The summed E-state index contributed by atoms with van der Waals surface area (Å²) >= 11 is 0. The second-order valence-corrected chi connectivity index (χ2v) is 4.95. The van der Waals surface area contributed by atoms with Gasteiger partial charge in [-0.15, -0.1) is 12.4 Å². The van der Waals surface area contributed by atoms with Crippen molar-refractivity contribution in [2.24, 2.45) is 5.92 Å². The van der Waals surface area contributed by atoms with Gasteiger partial charge in [0.05, 0.1) is 6.61 Å². The van der Waals surface area contributed by atoms with E-state index in [0.717, 1.165) is 37.8 Å². The van der Waals surface area contributed by atoms with Crippen molar-refractivity contribution in [1.82, 2.24) is 5.32 Å². The van der Waals surface area contributed by atoms with Crippen LogP contribution >= 0.6 is 12.4 Å². The second-order valence-electron chi connectivity index (χ2n) is 4.95. The second kappa shape index (κ2) is 10.2. The molecule has 2 nitrogen and oxygen atoms in total. The number of aryl methyl sites for hydroxylation is 1. The van der Waals surface area contributed by atoms with Gasteiger partial charge in [0.1, 0.15) is 5.75 Å². The van der Waals surface area contributed by atoms with Gasteiger partial charge in [-0.3, -0.25) is 0 Å². The molecule has 1 aromatic rings. The van der Waals surface area contributed by atoms with E-state index in [9.17, 15) is 0 Å². The lowest BCUT2D eigenvalue weighted by Crippen LogP contribution is -2.19. The Hall–Kier alpha value is -0.730. The maximum atomic E-state index is 5.67. The Bertz CT molecular complexity index is 315. The van der Waals surface area contributed by atoms with E-state index in [1.54, 1.807) is 0 Å². The van der Waals surface area contributed by atoms with E-state index in [-0.39, 0.29) is 12.4 Å². The van der Waals surface area contributed by atoms with Gasteiger partial charge in [-0.2, -0.15) is 0 Å². The van der Waals surface area contributed by atoms with E-state index in [1.807, 2.05) is 12.1 Å². The molecule has 3 heteroatoms. The van der Waals surface area contributed by atoms with Crippen LogP contribution in [0.4, 0.5) is 0 Å². The molecule has 0 heterocycles. The minimum absolute atomic E-state index is 0. The Morgan fingerprint density at radius 2 is 2.00 bits per heavy atom. The average molecular weight is 272 g/mol. The van der Waals surface area contributed by atoms with Gasteiger partial charge in [0, 0.05) is 0 Å². The molecule has 0 saturated carbocycles. The highest BCUT2D eigenvalue weighted by atomic mass is 35.5. The van der Waals surface area contributed by atoms with Crippen LogP contribution in [-0.4, -0.2) is 19.7 Å².